The Hall–Kier alpha value is -3.39. The molecule has 0 unspecified atom stereocenters. The monoisotopic (exact) mass is 496 g/mol. The molecule has 8 nitrogen and oxygen atoms in total. The zero-order valence-corrected chi connectivity index (χ0v) is 21.5. The molecule has 1 aliphatic rings. The third-order valence-corrected chi connectivity index (χ3v) is 6.41. The number of hydrogen-bond acceptors (Lipinski definition) is 5. The van der Waals surface area contributed by atoms with E-state index in [1.807, 2.05) is 64.1 Å². The lowest BCUT2D eigenvalue weighted by atomic mass is 9.98. The van der Waals surface area contributed by atoms with Crippen LogP contribution >= 0.6 is 0 Å². The lowest BCUT2D eigenvalue weighted by Gasteiger charge is -2.27. The van der Waals surface area contributed by atoms with Gasteiger partial charge in [0.05, 0.1) is 12.2 Å². The Morgan fingerprint density at radius 1 is 0.972 bits per heavy atom. The average Bonchev–Trinajstić information content (AvgIpc) is 3.16. The van der Waals surface area contributed by atoms with Crippen molar-refractivity contribution in [3.05, 3.63) is 59.7 Å². The summed E-state index contributed by atoms with van der Waals surface area (Å²) in [6, 6.07) is 13.8. The highest BCUT2D eigenvalue weighted by molar-refractivity contribution is 5.89. The van der Waals surface area contributed by atoms with Gasteiger partial charge in [0, 0.05) is 5.92 Å². The molecule has 2 aromatic rings. The van der Waals surface area contributed by atoms with E-state index in [-0.39, 0.29) is 25.0 Å². The first kappa shape index (κ1) is 27.2. The molecule has 0 saturated carbocycles. The summed E-state index contributed by atoms with van der Waals surface area (Å²) in [4.78, 5) is 37.5. The van der Waals surface area contributed by atoms with Crippen LogP contribution in [0.15, 0.2) is 48.5 Å². The maximum absolute atomic E-state index is 13.0. The minimum absolute atomic E-state index is 0.0962. The Labute approximate surface area is 212 Å². The Morgan fingerprint density at radius 3 is 2.03 bits per heavy atom. The second-order valence-corrected chi connectivity index (χ2v) is 10.2. The number of aliphatic carboxylic acids is 1. The molecular weight excluding hydrogens is 460 g/mol. The number of benzene rings is 2. The molecule has 0 bridgehead atoms. The molecule has 1 aliphatic carbocycles. The molecule has 3 rings (SSSR count). The Balaban J connectivity index is 1.70. The van der Waals surface area contributed by atoms with Crippen LogP contribution in [0.25, 0.3) is 11.1 Å². The summed E-state index contributed by atoms with van der Waals surface area (Å²) in [6.45, 7) is 9.04. The van der Waals surface area contributed by atoms with Gasteiger partial charge in [0.1, 0.15) is 18.7 Å². The lowest BCUT2D eigenvalue weighted by molar-refractivity contribution is -0.144. The van der Waals surface area contributed by atoms with Crippen LogP contribution in [0.2, 0.25) is 0 Å². The SMILES string of the molecule is CC[C@H](C)[C@H](NC(=O)[C@H](COC(C)(C)C)NC(=O)OCC1c2ccccc2-c2ccccc21)C(=O)O. The number of carbonyl (C=O) groups is 3. The highest BCUT2D eigenvalue weighted by Gasteiger charge is 2.32. The van der Waals surface area contributed by atoms with E-state index in [2.05, 4.69) is 22.8 Å². The van der Waals surface area contributed by atoms with Crippen molar-refractivity contribution >= 4 is 18.0 Å². The van der Waals surface area contributed by atoms with Crippen molar-refractivity contribution in [1.82, 2.24) is 10.6 Å². The number of rotatable bonds is 10. The smallest absolute Gasteiger partial charge is 0.407 e. The van der Waals surface area contributed by atoms with Gasteiger partial charge in [0.25, 0.3) is 0 Å². The van der Waals surface area contributed by atoms with Crippen LogP contribution < -0.4 is 10.6 Å². The second kappa shape index (κ2) is 11.6. The average molecular weight is 497 g/mol. The summed E-state index contributed by atoms with van der Waals surface area (Å²) in [5, 5.41) is 14.7. The fourth-order valence-corrected chi connectivity index (χ4v) is 4.24. The summed E-state index contributed by atoms with van der Waals surface area (Å²) in [7, 11) is 0. The molecule has 2 amide bonds. The highest BCUT2D eigenvalue weighted by Crippen LogP contribution is 2.44. The molecule has 0 fully saturated rings. The number of carboxylic acid groups (broad SMARTS) is 1. The second-order valence-electron chi connectivity index (χ2n) is 10.2. The van der Waals surface area contributed by atoms with Gasteiger partial charge in [-0.05, 0) is 48.9 Å². The van der Waals surface area contributed by atoms with E-state index in [9.17, 15) is 19.5 Å². The van der Waals surface area contributed by atoms with Crippen LogP contribution in [0.4, 0.5) is 4.79 Å². The van der Waals surface area contributed by atoms with E-state index in [1.54, 1.807) is 6.92 Å². The van der Waals surface area contributed by atoms with E-state index in [0.29, 0.717) is 6.42 Å². The van der Waals surface area contributed by atoms with Gasteiger partial charge in [-0.1, -0.05) is 68.8 Å². The first-order valence-corrected chi connectivity index (χ1v) is 12.3. The number of hydrogen-bond donors (Lipinski definition) is 3. The van der Waals surface area contributed by atoms with Crippen molar-refractivity contribution in [1.29, 1.82) is 0 Å². The molecule has 0 radical (unpaired) electrons. The fraction of sp³-hybridized carbons (Fsp3) is 0.464. The highest BCUT2D eigenvalue weighted by atomic mass is 16.5. The van der Waals surface area contributed by atoms with Crippen LogP contribution in [0, 0.1) is 5.92 Å². The Bertz CT molecular complexity index is 1050. The normalized spacial score (nSPS) is 15.2. The van der Waals surface area contributed by atoms with Gasteiger partial charge < -0.3 is 25.2 Å². The molecule has 194 valence electrons. The third kappa shape index (κ3) is 6.63. The summed E-state index contributed by atoms with van der Waals surface area (Å²) in [5.74, 6) is -2.18. The van der Waals surface area contributed by atoms with E-state index in [4.69, 9.17) is 9.47 Å². The maximum atomic E-state index is 13.0. The summed E-state index contributed by atoms with van der Waals surface area (Å²) in [5.41, 5.74) is 3.82. The van der Waals surface area contributed by atoms with Gasteiger partial charge in [-0.15, -0.1) is 0 Å². The largest absolute Gasteiger partial charge is 0.480 e. The Kier molecular flexibility index (Phi) is 8.74. The number of alkyl carbamates (subject to hydrolysis) is 1. The van der Waals surface area contributed by atoms with Gasteiger partial charge in [-0.25, -0.2) is 9.59 Å². The van der Waals surface area contributed by atoms with Crippen molar-refractivity contribution in [3.8, 4) is 11.1 Å². The number of nitrogens with one attached hydrogen (secondary N) is 2. The topological polar surface area (TPSA) is 114 Å². The zero-order chi connectivity index (χ0) is 26.5. The zero-order valence-electron chi connectivity index (χ0n) is 21.5. The van der Waals surface area contributed by atoms with Gasteiger partial charge in [0.2, 0.25) is 5.91 Å². The van der Waals surface area contributed by atoms with E-state index in [1.165, 1.54) is 0 Å². The van der Waals surface area contributed by atoms with Crippen LogP contribution in [-0.2, 0) is 19.1 Å². The van der Waals surface area contributed by atoms with Gasteiger partial charge in [-0.3, -0.25) is 4.79 Å². The minimum Gasteiger partial charge on any atom is -0.480 e. The fourth-order valence-electron chi connectivity index (χ4n) is 4.24. The first-order valence-electron chi connectivity index (χ1n) is 12.3. The molecule has 0 aliphatic heterocycles. The lowest BCUT2D eigenvalue weighted by Crippen LogP contribution is -2.55. The van der Waals surface area contributed by atoms with E-state index in [0.717, 1.165) is 22.3 Å². The quantitative estimate of drug-likeness (QED) is 0.451. The molecule has 0 spiro atoms. The van der Waals surface area contributed by atoms with Crippen LogP contribution in [-0.4, -0.2) is 54.0 Å². The molecule has 3 N–H and O–H groups in total. The standard InChI is InChI=1S/C28H36N2O6/c1-6-17(2)24(26(32)33)30-25(31)23(16-36-28(3,4)5)29-27(34)35-15-22-20-13-9-7-11-18(20)19-12-8-10-14-21(19)22/h7-14,17,22-24H,6,15-16H2,1-5H3,(H,29,34)(H,30,31)(H,32,33)/t17-,23-,24-/m0/s1. The molecule has 36 heavy (non-hydrogen) atoms. The van der Waals surface area contributed by atoms with E-state index >= 15 is 0 Å². The number of amides is 2. The molecule has 3 atom stereocenters. The Morgan fingerprint density at radius 2 is 1.53 bits per heavy atom. The molecule has 0 saturated heterocycles. The van der Waals surface area contributed by atoms with Crippen LogP contribution in [0.5, 0.6) is 0 Å². The van der Waals surface area contributed by atoms with Crippen molar-refractivity contribution in [2.24, 2.45) is 5.92 Å². The molecule has 0 aromatic heterocycles. The van der Waals surface area contributed by atoms with E-state index < -0.39 is 35.7 Å². The predicted molar refractivity (Wildman–Crippen MR) is 137 cm³/mol. The molecular formula is C28H36N2O6. The number of ether oxygens (including phenoxy) is 2. The van der Waals surface area contributed by atoms with Crippen molar-refractivity contribution in [2.45, 2.75) is 64.6 Å². The molecule has 8 heteroatoms. The van der Waals surface area contributed by atoms with Gasteiger partial charge >= 0.3 is 12.1 Å². The van der Waals surface area contributed by atoms with Crippen molar-refractivity contribution in [3.63, 3.8) is 0 Å². The van der Waals surface area contributed by atoms with Crippen LogP contribution in [0.1, 0.15) is 58.1 Å². The van der Waals surface area contributed by atoms with Crippen LogP contribution in [0.3, 0.4) is 0 Å². The van der Waals surface area contributed by atoms with Gasteiger partial charge in [-0.2, -0.15) is 0 Å². The minimum atomic E-state index is -1.13. The summed E-state index contributed by atoms with van der Waals surface area (Å²) < 4.78 is 11.3. The number of carbonyl (C=O) groups excluding carboxylic acids is 2. The summed E-state index contributed by atoms with van der Waals surface area (Å²) in [6.07, 6.45) is -0.204. The molecule has 2 aromatic carbocycles. The maximum Gasteiger partial charge on any atom is 0.407 e. The predicted octanol–water partition coefficient (Wildman–Crippen LogP) is 4.32. The summed E-state index contributed by atoms with van der Waals surface area (Å²) >= 11 is 0. The van der Waals surface area contributed by atoms with Gasteiger partial charge in [0.15, 0.2) is 0 Å². The first-order chi connectivity index (χ1) is 17.0. The number of carboxylic acids is 1. The van der Waals surface area contributed by atoms with Crippen molar-refractivity contribution < 1.29 is 29.0 Å². The van der Waals surface area contributed by atoms with Crippen molar-refractivity contribution in [2.75, 3.05) is 13.2 Å². The number of fused-ring (bicyclic) bond motifs is 3. The molecule has 0 heterocycles. The third-order valence-electron chi connectivity index (χ3n) is 6.41.